The minimum atomic E-state index is -4.29. The molecule has 2 aliphatic rings. The lowest BCUT2D eigenvalue weighted by Gasteiger charge is -2.28. The molecule has 0 atom stereocenters. The van der Waals surface area contributed by atoms with E-state index in [1.165, 1.54) is 32.1 Å². The van der Waals surface area contributed by atoms with Crippen LogP contribution in [0.25, 0.3) is 5.57 Å². The molecule has 188 valence electrons. The minimum Gasteiger partial charge on any atom is -0.376 e. The lowest BCUT2D eigenvalue weighted by molar-refractivity contribution is -0.117. The number of fused-ring (bicyclic) bond motifs is 1. The lowest BCUT2D eigenvalue weighted by Crippen LogP contribution is -2.31. The number of rotatable bonds is 5. The predicted octanol–water partition coefficient (Wildman–Crippen LogP) is 7.32. The number of anilines is 1. The predicted molar refractivity (Wildman–Crippen MR) is 134 cm³/mol. The van der Waals surface area contributed by atoms with Crippen LogP contribution in [-0.2, 0) is 16.6 Å². The molecule has 3 nitrogen and oxygen atoms in total. The van der Waals surface area contributed by atoms with Crippen molar-refractivity contribution in [3.63, 3.8) is 0 Å². The zero-order chi connectivity index (χ0) is 25.1. The van der Waals surface area contributed by atoms with E-state index in [9.17, 15) is 18.0 Å². The molecule has 0 unspecified atom stereocenters. The van der Waals surface area contributed by atoms with Crippen LogP contribution < -0.4 is 10.6 Å². The fraction of sp³-hybridized carbons (Fsp3) is 0.607. The molecule has 1 fully saturated rings. The first-order valence-electron chi connectivity index (χ1n) is 12.5. The van der Waals surface area contributed by atoms with Gasteiger partial charge in [-0.2, -0.15) is 13.2 Å². The topological polar surface area (TPSA) is 41.1 Å². The molecule has 0 bridgehead atoms. The number of carbonyl (C=O) groups excluding carboxylic acids is 1. The summed E-state index contributed by atoms with van der Waals surface area (Å²) in [6.07, 6.45) is 5.21. The average Bonchev–Trinajstić information content (AvgIpc) is 2.76. The SMILES string of the molecule is C/C1=C/C(C(=O)NCC2CCCCC2)=C(\C)CCc2c1cc(NCC(F)(F)F)cc2C(C)(C)C. The smallest absolute Gasteiger partial charge is 0.376 e. The van der Waals surface area contributed by atoms with Crippen LogP contribution in [0.4, 0.5) is 18.9 Å². The zero-order valence-electron chi connectivity index (χ0n) is 21.2. The summed E-state index contributed by atoms with van der Waals surface area (Å²) in [5.74, 6) is 0.503. The Balaban J connectivity index is 1.92. The Morgan fingerprint density at radius 3 is 2.32 bits per heavy atom. The van der Waals surface area contributed by atoms with Gasteiger partial charge in [0, 0.05) is 17.8 Å². The van der Waals surface area contributed by atoms with Gasteiger partial charge in [-0.05, 0) is 91.3 Å². The number of carbonyl (C=O) groups is 1. The third-order valence-electron chi connectivity index (χ3n) is 7.07. The molecule has 1 saturated carbocycles. The Morgan fingerprint density at radius 1 is 1.03 bits per heavy atom. The molecular weight excluding hydrogens is 437 g/mol. The fourth-order valence-corrected chi connectivity index (χ4v) is 5.11. The Hall–Kier alpha value is -2.24. The first-order chi connectivity index (χ1) is 15.8. The molecule has 3 rings (SSSR count). The van der Waals surface area contributed by atoms with Crippen molar-refractivity contribution in [2.24, 2.45) is 5.92 Å². The molecule has 2 aliphatic carbocycles. The first-order valence-corrected chi connectivity index (χ1v) is 12.5. The molecule has 0 radical (unpaired) electrons. The Kier molecular flexibility index (Phi) is 8.20. The van der Waals surface area contributed by atoms with Crippen LogP contribution in [0.5, 0.6) is 0 Å². The molecule has 0 spiro atoms. The second kappa shape index (κ2) is 10.6. The van der Waals surface area contributed by atoms with E-state index in [1.54, 1.807) is 6.07 Å². The van der Waals surface area contributed by atoms with Crippen LogP contribution in [-0.4, -0.2) is 25.2 Å². The van der Waals surface area contributed by atoms with Crippen molar-refractivity contribution < 1.29 is 18.0 Å². The van der Waals surface area contributed by atoms with Crippen molar-refractivity contribution >= 4 is 17.2 Å². The van der Waals surface area contributed by atoms with Crippen molar-refractivity contribution in [2.75, 3.05) is 18.4 Å². The maximum atomic E-state index is 13.1. The maximum Gasteiger partial charge on any atom is 0.405 e. The summed E-state index contributed by atoms with van der Waals surface area (Å²) in [5, 5.41) is 5.71. The molecule has 0 heterocycles. The van der Waals surface area contributed by atoms with E-state index in [1.807, 2.05) is 26.0 Å². The van der Waals surface area contributed by atoms with E-state index in [4.69, 9.17) is 0 Å². The summed E-state index contributed by atoms with van der Waals surface area (Å²) in [6, 6.07) is 3.66. The van der Waals surface area contributed by atoms with Gasteiger partial charge in [0.05, 0.1) is 0 Å². The van der Waals surface area contributed by atoms with E-state index in [0.717, 1.165) is 40.7 Å². The van der Waals surface area contributed by atoms with Crippen LogP contribution in [0, 0.1) is 5.92 Å². The highest BCUT2D eigenvalue weighted by Crippen LogP contribution is 2.37. The first kappa shape index (κ1) is 26.4. The van der Waals surface area contributed by atoms with Crippen molar-refractivity contribution in [3.05, 3.63) is 46.0 Å². The molecule has 1 aromatic carbocycles. The number of allylic oxidation sites excluding steroid dienone is 2. The van der Waals surface area contributed by atoms with Gasteiger partial charge >= 0.3 is 6.18 Å². The van der Waals surface area contributed by atoms with Crippen LogP contribution in [0.15, 0.2) is 29.4 Å². The van der Waals surface area contributed by atoms with Crippen molar-refractivity contribution in [1.29, 1.82) is 0 Å². The highest BCUT2D eigenvalue weighted by Gasteiger charge is 2.28. The fourth-order valence-electron chi connectivity index (χ4n) is 5.11. The minimum absolute atomic E-state index is 0.0479. The molecule has 1 aromatic rings. The summed E-state index contributed by atoms with van der Waals surface area (Å²) in [6.45, 7) is 9.85. The highest BCUT2D eigenvalue weighted by atomic mass is 19.4. The normalized spacial score (nSPS) is 21.7. The van der Waals surface area contributed by atoms with Crippen LogP contribution >= 0.6 is 0 Å². The average molecular weight is 477 g/mol. The summed E-state index contributed by atoms with van der Waals surface area (Å²) in [5.41, 5.74) is 5.98. The van der Waals surface area contributed by atoms with Gasteiger partial charge in [0.25, 0.3) is 5.91 Å². The van der Waals surface area contributed by atoms with Crippen molar-refractivity contribution in [3.8, 4) is 0 Å². The Labute approximate surface area is 202 Å². The molecule has 0 saturated heterocycles. The monoisotopic (exact) mass is 476 g/mol. The summed E-state index contributed by atoms with van der Waals surface area (Å²) >= 11 is 0. The zero-order valence-corrected chi connectivity index (χ0v) is 21.2. The van der Waals surface area contributed by atoms with Crippen molar-refractivity contribution in [1.82, 2.24) is 5.32 Å². The van der Waals surface area contributed by atoms with Crippen LogP contribution in [0.3, 0.4) is 0 Å². The summed E-state index contributed by atoms with van der Waals surface area (Å²) in [7, 11) is 0. The second-order valence-electron chi connectivity index (χ2n) is 11.0. The molecule has 2 N–H and O–H groups in total. The van der Waals surface area contributed by atoms with Gasteiger partial charge in [0.2, 0.25) is 0 Å². The van der Waals surface area contributed by atoms with Gasteiger partial charge in [0.1, 0.15) is 6.54 Å². The van der Waals surface area contributed by atoms with Gasteiger partial charge in [-0.15, -0.1) is 0 Å². The molecule has 6 heteroatoms. The van der Waals surface area contributed by atoms with E-state index in [-0.39, 0.29) is 11.3 Å². The van der Waals surface area contributed by atoms with E-state index in [2.05, 4.69) is 31.4 Å². The van der Waals surface area contributed by atoms with Crippen LogP contribution in [0.1, 0.15) is 89.8 Å². The van der Waals surface area contributed by atoms with Gasteiger partial charge in [0.15, 0.2) is 0 Å². The van der Waals surface area contributed by atoms with Crippen LogP contribution in [0.2, 0.25) is 0 Å². The molecule has 0 aliphatic heterocycles. The number of benzene rings is 1. The van der Waals surface area contributed by atoms with Gasteiger partial charge < -0.3 is 10.6 Å². The second-order valence-corrected chi connectivity index (χ2v) is 11.0. The summed E-state index contributed by atoms with van der Waals surface area (Å²) in [4.78, 5) is 13.1. The molecular formula is C28H39F3N2O. The standard InChI is InChI=1S/C28H39F3N2O/c1-18-11-12-22-23(14-21(33-17-28(29,30)31)15-25(22)27(3,4)5)19(2)13-24(18)26(34)32-16-20-9-7-6-8-10-20/h13-15,20,33H,6-12,16-17H2,1-5H3,(H,32,34)/b19-13-,24-18-. The third-order valence-corrected chi connectivity index (χ3v) is 7.07. The number of alkyl halides is 3. The number of hydrogen-bond acceptors (Lipinski definition) is 2. The Morgan fingerprint density at radius 2 is 1.71 bits per heavy atom. The van der Waals surface area contributed by atoms with E-state index in [0.29, 0.717) is 23.7 Å². The number of hydrogen-bond donors (Lipinski definition) is 2. The number of halogens is 3. The van der Waals surface area contributed by atoms with Gasteiger partial charge in [-0.25, -0.2) is 0 Å². The van der Waals surface area contributed by atoms with Crippen molar-refractivity contribution in [2.45, 2.75) is 91.2 Å². The highest BCUT2D eigenvalue weighted by molar-refractivity contribution is 5.99. The van der Waals surface area contributed by atoms with E-state index >= 15 is 0 Å². The summed E-state index contributed by atoms with van der Waals surface area (Å²) < 4.78 is 38.6. The molecule has 0 aromatic heterocycles. The molecule has 1 amide bonds. The van der Waals surface area contributed by atoms with Gasteiger partial charge in [-0.1, -0.05) is 45.6 Å². The third kappa shape index (κ3) is 6.89. The lowest BCUT2D eigenvalue weighted by atomic mass is 9.78. The van der Waals surface area contributed by atoms with Gasteiger partial charge in [-0.3, -0.25) is 4.79 Å². The number of amides is 1. The Bertz CT molecular complexity index is 961. The largest absolute Gasteiger partial charge is 0.405 e. The van der Waals surface area contributed by atoms with E-state index < -0.39 is 12.7 Å². The molecule has 34 heavy (non-hydrogen) atoms. The maximum absolute atomic E-state index is 13.1. The quantitative estimate of drug-likeness (QED) is 0.467. The number of nitrogens with one attached hydrogen (secondary N) is 2.